The number of carbonyl (C=O) groups excluding carboxylic acids is 4. The van der Waals surface area contributed by atoms with Crippen LogP contribution in [0, 0.1) is 6.92 Å². The van der Waals surface area contributed by atoms with Crippen LogP contribution < -0.4 is 10.6 Å². The number of halogens is 2. The van der Waals surface area contributed by atoms with E-state index in [0.717, 1.165) is 5.56 Å². The Kier molecular flexibility index (Phi) is 9.67. The number of nitrogens with one attached hydrogen (secondary N) is 2. The molecular weight excluding hydrogens is 504 g/mol. The zero-order chi connectivity index (χ0) is 23.7. The average Bonchev–Trinajstić information content (AvgIpc) is 2.75. The third-order valence-electron chi connectivity index (χ3n) is 4.14. The molecule has 0 aliphatic rings. The predicted molar refractivity (Wildman–Crippen MR) is 124 cm³/mol. The summed E-state index contributed by atoms with van der Waals surface area (Å²) < 4.78 is 10.5. The van der Waals surface area contributed by atoms with Gasteiger partial charge < -0.3 is 20.1 Å². The van der Waals surface area contributed by atoms with Gasteiger partial charge in [-0.1, -0.05) is 11.6 Å². The van der Waals surface area contributed by atoms with Gasteiger partial charge in [-0.15, -0.1) is 0 Å². The molecule has 0 saturated heterocycles. The lowest BCUT2D eigenvalue weighted by atomic mass is 10.2. The first-order valence-corrected chi connectivity index (χ1v) is 10.8. The van der Waals surface area contributed by atoms with Gasteiger partial charge in [0.15, 0.2) is 6.61 Å². The smallest absolute Gasteiger partial charge is 0.338 e. The van der Waals surface area contributed by atoms with E-state index < -0.39 is 30.4 Å². The number of amides is 2. The molecule has 0 saturated carbocycles. The first-order chi connectivity index (χ1) is 15.2. The molecule has 2 rings (SSSR count). The molecule has 170 valence electrons. The SMILES string of the molecule is CCOC(=O)c1ccc(NC(=O)CCC(=O)OCC(=O)Nc2cc(Cl)c(Br)cc2C)cc1. The van der Waals surface area contributed by atoms with Crippen LogP contribution in [-0.4, -0.2) is 37.0 Å². The monoisotopic (exact) mass is 524 g/mol. The topological polar surface area (TPSA) is 111 Å². The quantitative estimate of drug-likeness (QED) is 0.467. The summed E-state index contributed by atoms with van der Waals surface area (Å²) in [5.41, 5.74) is 2.13. The Labute approximate surface area is 198 Å². The van der Waals surface area contributed by atoms with E-state index in [0.29, 0.717) is 26.4 Å². The normalized spacial score (nSPS) is 10.2. The van der Waals surface area contributed by atoms with E-state index in [-0.39, 0.29) is 19.4 Å². The van der Waals surface area contributed by atoms with Gasteiger partial charge in [0, 0.05) is 22.3 Å². The number of hydrogen-bond donors (Lipinski definition) is 2. The Bertz CT molecular complexity index is 1010. The van der Waals surface area contributed by atoms with Gasteiger partial charge in [0.2, 0.25) is 5.91 Å². The van der Waals surface area contributed by atoms with Crippen LogP contribution >= 0.6 is 27.5 Å². The third kappa shape index (κ3) is 7.97. The maximum atomic E-state index is 12.0. The molecule has 0 unspecified atom stereocenters. The Morgan fingerprint density at radius 3 is 2.31 bits per heavy atom. The largest absolute Gasteiger partial charge is 0.462 e. The number of benzene rings is 2. The molecular formula is C22H22BrClN2O6. The second-order valence-electron chi connectivity index (χ2n) is 6.64. The molecule has 2 N–H and O–H groups in total. The number of rotatable bonds is 9. The summed E-state index contributed by atoms with van der Waals surface area (Å²) in [6, 6.07) is 9.52. The van der Waals surface area contributed by atoms with Gasteiger partial charge in [-0.3, -0.25) is 14.4 Å². The molecule has 0 bridgehead atoms. The van der Waals surface area contributed by atoms with E-state index in [2.05, 4.69) is 26.6 Å². The van der Waals surface area contributed by atoms with E-state index in [1.807, 2.05) is 0 Å². The molecule has 2 aromatic carbocycles. The molecule has 0 aliphatic carbocycles. The van der Waals surface area contributed by atoms with Gasteiger partial charge in [0.1, 0.15) is 0 Å². The molecule has 0 fully saturated rings. The maximum Gasteiger partial charge on any atom is 0.338 e. The fourth-order valence-corrected chi connectivity index (χ4v) is 3.15. The van der Waals surface area contributed by atoms with Gasteiger partial charge >= 0.3 is 11.9 Å². The fraction of sp³-hybridized carbons (Fsp3) is 0.273. The summed E-state index contributed by atoms with van der Waals surface area (Å²) in [7, 11) is 0. The van der Waals surface area contributed by atoms with Crippen molar-refractivity contribution < 1.29 is 28.7 Å². The van der Waals surface area contributed by atoms with Crippen LogP contribution in [0.2, 0.25) is 5.02 Å². The highest BCUT2D eigenvalue weighted by Gasteiger charge is 2.13. The van der Waals surface area contributed by atoms with Gasteiger partial charge in [-0.2, -0.15) is 0 Å². The molecule has 0 heterocycles. The van der Waals surface area contributed by atoms with Crippen LogP contribution in [0.3, 0.4) is 0 Å². The highest BCUT2D eigenvalue weighted by atomic mass is 79.9. The van der Waals surface area contributed by atoms with Gasteiger partial charge in [-0.05, 0) is 71.7 Å². The number of hydrogen-bond acceptors (Lipinski definition) is 6. The van der Waals surface area contributed by atoms with Crippen molar-refractivity contribution in [3.8, 4) is 0 Å². The van der Waals surface area contributed by atoms with Gasteiger partial charge in [-0.25, -0.2) is 4.79 Å². The van der Waals surface area contributed by atoms with E-state index in [1.165, 1.54) is 12.1 Å². The van der Waals surface area contributed by atoms with E-state index in [1.54, 1.807) is 38.1 Å². The Hall–Kier alpha value is -2.91. The molecule has 0 atom stereocenters. The van der Waals surface area contributed by atoms with Crippen molar-refractivity contribution in [3.63, 3.8) is 0 Å². The number of carbonyl (C=O) groups is 4. The Morgan fingerprint density at radius 1 is 0.969 bits per heavy atom. The van der Waals surface area contributed by atoms with Crippen molar-refractivity contribution >= 4 is 62.7 Å². The third-order valence-corrected chi connectivity index (χ3v) is 5.34. The van der Waals surface area contributed by atoms with Crippen LogP contribution in [0.1, 0.15) is 35.7 Å². The summed E-state index contributed by atoms with van der Waals surface area (Å²) in [6.45, 7) is 3.30. The van der Waals surface area contributed by atoms with E-state index >= 15 is 0 Å². The zero-order valence-electron chi connectivity index (χ0n) is 17.5. The molecule has 32 heavy (non-hydrogen) atoms. The first kappa shape index (κ1) is 25.4. The summed E-state index contributed by atoms with van der Waals surface area (Å²) in [5, 5.41) is 5.67. The van der Waals surface area contributed by atoms with Crippen LogP contribution in [0.15, 0.2) is 40.9 Å². The van der Waals surface area contributed by atoms with Gasteiger partial charge in [0.25, 0.3) is 5.91 Å². The number of esters is 2. The molecule has 8 nitrogen and oxygen atoms in total. The zero-order valence-corrected chi connectivity index (χ0v) is 19.8. The number of ether oxygens (including phenoxy) is 2. The summed E-state index contributed by atoms with van der Waals surface area (Å²) in [4.78, 5) is 47.5. The van der Waals surface area contributed by atoms with Crippen molar-refractivity contribution in [1.82, 2.24) is 0 Å². The second kappa shape index (κ2) is 12.2. The minimum atomic E-state index is -0.682. The predicted octanol–water partition coefficient (Wildman–Crippen LogP) is 4.49. The highest BCUT2D eigenvalue weighted by molar-refractivity contribution is 9.10. The number of aryl methyl sites for hydroxylation is 1. The van der Waals surface area contributed by atoms with Crippen molar-refractivity contribution in [3.05, 3.63) is 57.0 Å². The second-order valence-corrected chi connectivity index (χ2v) is 7.90. The van der Waals surface area contributed by atoms with Gasteiger partial charge in [0.05, 0.1) is 23.6 Å². The van der Waals surface area contributed by atoms with Crippen LogP contribution in [-0.2, 0) is 23.9 Å². The molecule has 0 aromatic heterocycles. The fourth-order valence-electron chi connectivity index (χ4n) is 2.53. The number of anilines is 2. The molecule has 2 amide bonds. The lowest BCUT2D eigenvalue weighted by Crippen LogP contribution is -2.22. The van der Waals surface area contributed by atoms with Crippen LogP contribution in [0.4, 0.5) is 11.4 Å². The van der Waals surface area contributed by atoms with Crippen molar-refractivity contribution in [2.24, 2.45) is 0 Å². The molecule has 0 spiro atoms. The van der Waals surface area contributed by atoms with Crippen molar-refractivity contribution in [2.45, 2.75) is 26.7 Å². The summed E-state index contributed by atoms with van der Waals surface area (Å²) in [5.74, 6) is -2.06. The lowest BCUT2D eigenvalue weighted by Gasteiger charge is -2.10. The summed E-state index contributed by atoms with van der Waals surface area (Å²) >= 11 is 9.31. The molecule has 10 heteroatoms. The van der Waals surface area contributed by atoms with Crippen LogP contribution in [0.5, 0.6) is 0 Å². The lowest BCUT2D eigenvalue weighted by molar-refractivity contribution is -0.147. The van der Waals surface area contributed by atoms with Crippen molar-refractivity contribution in [1.29, 1.82) is 0 Å². The Morgan fingerprint density at radius 2 is 1.66 bits per heavy atom. The minimum absolute atomic E-state index is 0.124. The molecule has 0 radical (unpaired) electrons. The van der Waals surface area contributed by atoms with Crippen LogP contribution in [0.25, 0.3) is 0 Å². The summed E-state index contributed by atoms with van der Waals surface area (Å²) in [6.07, 6.45) is -0.315. The maximum absolute atomic E-state index is 12.0. The first-order valence-electron chi connectivity index (χ1n) is 9.67. The standard InChI is InChI=1S/C22H22BrClN2O6/c1-3-31-22(30)14-4-6-15(7-5-14)25-19(27)8-9-21(29)32-12-20(28)26-18-11-17(24)16(23)10-13(18)2/h4-7,10-11H,3,8-9,12H2,1-2H3,(H,25,27)(H,26,28). The molecule has 0 aliphatic heterocycles. The van der Waals surface area contributed by atoms with E-state index in [9.17, 15) is 19.2 Å². The highest BCUT2D eigenvalue weighted by Crippen LogP contribution is 2.28. The van der Waals surface area contributed by atoms with Crippen molar-refractivity contribution in [2.75, 3.05) is 23.8 Å². The Balaban J connectivity index is 1.73. The molecule has 2 aromatic rings. The average molecular weight is 526 g/mol. The van der Waals surface area contributed by atoms with E-state index in [4.69, 9.17) is 21.1 Å². The minimum Gasteiger partial charge on any atom is -0.462 e.